The van der Waals surface area contributed by atoms with Gasteiger partial charge < -0.3 is 9.64 Å². The third kappa shape index (κ3) is 2.13. The van der Waals surface area contributed by atoms with E-state index in [1.54, 1.807) is 31.3 Å². The molecule has 1 amide bonds. The number of amides is 1. The van der Waals surface area contributed by atoms with Gasteiger partial charge in [-0.25, -0.2) is 0 Å². The zero-order valence-electron chi connectivity index (χ0n) is 12.5. The Morgan fingerprint density at radius 1 is 1.04 bits per heavy atom. The molecule has 120 valence electrons. The molecule has 6 heteroatoms. The number of methoxy groups -OCH3 is 1. The predicted octanol–water partition coefficient (Wildman–Crippen LogP) is 3.57. The molecular formula is C17H14F3NO2. The summed E-state index contributed by atoms with van der Waals surface area (Å²) in [5, 5.41) is 0. The molecule has 1 heterocycles. The first-order chi connectivity index (χ1) is 10.8. The van der Waals surface area contributed by atoms with Gasteiger partial charge in [-0.1, -0.05) is 30.3 Å². The minimum atomic E-state index is -4.42. The summed E-state index contributed by atoms with van der Waals surface area (Å²) in [6.07, 6.45) is -4.42. The van der Waals surface area contributed by atoms with E-state index >= 15 is 0 Å². The van der Waals surface area contributed by atoms with Gasteiger partial charge in [0.05, 0.1) is 11.3 Å². The van der Waals surface area contributed by atoms with Gasteiger partial charge >= 0.3 is 6.18 Å². The third-order valence-electron chi connectivity index (χ3n) is 4.18. The molecule has 1 aliphatic heterocycles. The van der Waals surface area contributed by atoms with E-state index in [9.17, 15) is 18.0 Å². The second kappa shape index (κ2) is 5.09. The molecule has 0 saturated heterocycles. The number of hydrogen-bond acceptors (Lipinski definition) is 2. The van der Waals surface area contributed by atoms with Crippen molar-refractivity contribution in [2.75, 3.05) is 19.1 Å². The zero-order valence-corrected chi connectivity index (χ0v) is 12.5. The molecule has 2 aromatic carbocycles. The van der Waals surface area contributed by atoms with Gasteiger partial charge in [-0.3, -0.25) is 4.79 Å². The Bertz CT molecular complexity index is 755. The molecule has 0 unspecified atom stereocenters. The highest BCUT2D eigenvalue weighted by Crippen LogP contribution is 2.46. The van der Waals surface area contributed by atoms with Crippen molar-refractivity contribution >= 4 is 11.6 Å². The predicted molar refractivity (Wildman–Crippen MR) is 79.1 cm³/mol. The topological polar surface area (TPSA) is 29.5 Å². The van der Waals surface area contributed by atoms with E-state index in [2.05, 4.69) is 0 Å². The number of anilines is 1. The molecule has 3 nitrogen and oxygen atoms in total. The molecular weight excluding hydrogens is 307 g/mol. The van der Waals surface area contributed by atoms with E-state index in [0.717, 1.165) is 12.1 Å². The fourth-order valence-corrected chi connectivity index (χ4v) is 3.01. The number of para-hydroxylation sites is 1. The Labute approximate surface area is 131 Å². The molecule has 0 N–H and O–H groups in total. The van der Waals surface area contributed by atoms with Crippen LogP contribution in [0, 0.1) is 0 Å². The maximum Gasteiger partial charge on any atom is 0.416 e. The molecule has 1 aliphatic rings. The number of rotatable bonds is 2. The molecule has 0 radical (unpaired) electrons. The highest BCUT2D eigenvalue weighted by atomic mass is 19.4. The van der Waals surface area contributed by atoms with Crippen LogP contribution in [0.5, 0.6) is 0 Å². The highest BCUT2D eigenvalue weighted by Gasteiger charge is 2.51. The van der Waals surface area contributed by atoms with Crippen molar-refractivity contribution in [2.24, 2.45) is 0 Å². The van der Waals surface area contributed by atoms with Crippen LogP contribution >= 0.6 is 0 Å². The number of benzene rings is 2. The van der Waals surface area contributed by atoms with Gasteiger partial charge in [0.1, 0.15) is 0 Å². The minimum absolute atomic E-state index is 0.332. The fraction of sp³-hybridized carbons (Fsp3) is 0.235. The Morgan fingerprint density at radius 3 is 2.22 bits per heavy atom. The van der Waals surface area contributed by atoms with E-state index in [0.29, 0.717) is 16.8 Å². The van der Waals surface area contributed by atoms with Crippen molar-refractivity contribution in [3.05, 3.63) is 65.2 Å². The van der Waals surface area contributed by atoms with E-state index in [-0.39, 0.29) is 5.91 Å². The van der Waals surface area contributed by atoms with Gasteiger partial charge in [-0.15, -0.1) is 0 Å². The number of likely N-dealkylation sites (N-methyl/N-ethyl adjacent to an activating group) is 1. The van der Waals surface area contributed by atoms with Crippen molar-refractivity contribution in [3.63, 3.8) is 0 Å². The molecule has 3 rings (SSSR count). The molecule has 0 spiro atoms. The van der Waals surface area contributed by atoms with E-state index in [4.69, 9.17) is 4.74 Å². The summed E-state index contributed by atoms with van der Waals surface area (Å²) in [7, 11) is 3.00. The number of hydrogen-bond donors (Lipinski definition) is 0. The third-order valence-corrected chi connectivity index (χ3v) is 4.18. The van der Waals surface area contributed by atoms with Crippen LogP contribution in [-0.4, -0.2) is 20.1 Å². The summed E-state index contributed by atoms with van der Waals surface area (Å²) in [6, 6.07) is 11.6. The Morgan fingerprint density at radius 2 is 1.65 bits per heavy atom. The van der Waals surface area contributed by atoms with Gasteiger partial charge in [-0.2, -0.15) is 13.2 Å². The lowest BCUT2D eigenvalue weighted by molar-refractivity contribution is -0.137. The molecule has 23 heavy (non-hydrogen) atoms. The van der Waals surface area contributed by atoms with Gasteiger partial charge in [0.2, 0.25) is 0 Å². The van der Waals surface area contributed by atoms with Gasteiger partial charge in [0.25, 0.3) is 5.91 Å². The Hall–Kier alpha value is -2.34. The van der Waals surface area contributed by atoms with Gasteiger partial charge in [-0.05, 0) is 23.8 Å². The monoisotopic (exact) mass is 321 g/mol. The van der Waals surface area contributed by atoms with Gasteiger partial charge in [0.15, 0.2) is 5.60 Å². The van der Waals surface area contributed by atoms with E-state index in [1.165, 1.54) is 24.1 Å². The molecule has 1 atom stereocenters. The largest absolute Gasteiger partial charge is 0.416 e. The lowest BCUT2D eigenvalue weighted by Gasteiger charge is -2.27. The summed E-state index contributed by atoms with van der Waals surface area (Å²) < 4.78 is 43.8. The van der Waals surface area contributed by atoms with Crippen LogP contribution in [0.15, 0.2) is 48.5 Å². The number of carbonyl (C=O) groups excluding carboxylic acids is 1. The molecule has 2 aromatic rings. The highest BCUT2D eigenvalue weighted by molar-refractivity contribution is 6.08. The van der Waals surface area contributed by atoms with Gasteiger partial charge in [0, 0.05) is 19.7 Å². The fourth-order valence-electron chi connectivity index (χ4n) is 3.01. The number of alkyl halides is 3. The van der Waals surface area contributed by atoms with E-state index in [1.807, 2.05) is 0 Å². The van der Waals surface area contributed by atoms with Crippen molar-refractivity contribution in [1.82, 2.24) is 0 Å². The first-order valence-corrected chi connectivity index (χ1v) is 6.93. The minimum Gasteiger partial charge on any atom is -0.359 e. The van der Waals surface area contributed by atoms with Crippen LogP contribution in [-0.2, 0) is 21.3 Å². The summed E-state index contributed by atoms with van der Waals surface area (Å²) in [6.45, 7) is 0. The summed E-state index contributed by atoms with van der Waals surface area (Å²) in [5.74, 6) is -0.332. The Balaban J connectivity index is 2.18. The van der Waals surface area contributed by atoms with Crippen LogP contribution in [0.2, 0.25) is 0 Å². The van der Waals surface area contributed by atoms with Crippen molar-refractivity contribution in [3.8, 4) is 0 Å². The van der Waals surface area contributed by atoms with Crippen LogP contribution in [0.1, 0.15) is 16.7 Å². The van der Waals surface area contributed by atoms with E-state index < -0.39 is 17.3 Å². The first-order valence-electron chi connectivity index (χ1n) is 6.93. The van der Waals surface area contributed by atoms with Crippen molar-refractivity contribution < 1.29 is 22.7 Å². The smallest absolute Gasteiger partial charge is 0.359 e. The standard InChI is InChI=1S/C17H14F3NO2/c1-21-14-6-4-3-5-13(14)16(23-2,15(21)22)11-7-9-12(10-8-11)17(18,19)20/h3-10H,1-2H3/t16-/m0/s1. The lowest BCUT2D eigenvalue weighted by Crippen LogP contribution is -2.41. The second-order valence-corrected chi connectivity index (χ2v) is 5.34. The maximum atomic E-state index is 12.8. The second-order valence-electron chi connectivity index (χ2n) is 5.34. The molecule has 0 fully saturated rings. The average molecular weight is 321 g/mol. The molecule has 0 aromatic heterocycles. The number of halogens is 3. The summed E-state index contributed by atoms with van der Waals surface area (Å²) in [4.78, 5) is 14.2. The summed E-state index contributed by atoms with van der Waals surface area (Å²) >= 11 is 0. The number of nitrogens with zero attached hydrogens (tertiary/aromatic N) is 1. The molecule has 0 bridgehead atoms. The molecule has 0 saturated carbocycles. The van der Waals surface area contributed by atoms with Crippen LogP contribution in [0.4, 0.5) is 18.9 Å². The van der Waals surface area contributed by atoms with Crippen molar-refractivity contribution in [1.29, 1.82) is 0 Å². The maximum absolute atomic E-state index is 12.8. The normalized spacial score (nSPS) is 20.7. The average Bonchev–Trinajstić information content (AvgIpc) is 2.76. The lowest BCUT2D eigenvalue weighted by atomic mass is 9.86. The first kappa shape index (κ1) is 15.6. The van der Waals surface area contributed by atoms with Crippen LogP contribution in [0.3, 0.4) is 0 Å². The number of carbonyl (C=O) groups is 1. The zero-order chi connectivity index (χ0) is 16.8. The van der Waals surface area contributed by atoms with Crippen LogP contribution in [0.25, 0.3) is 0 Å². The summed E-state index contributed by atoms with van der Waals surface area (Å²) in [5.41, 5.74) is -0.515. The Kier molecular flexibility index (Phi) is 3.44. The van der Waals surface area contributed by atoms with Crippen LogP contribution < -0.4 is 4.90 Å². The number of fused-ring (bicyclic) bond motifs is 1. The quantitative estimate of drug-likeness (QED) is 0.846. The van der Waals surface area contributed by atoms with Crippen molar-refractivity contribution in [2.45, 2.75) is 11.8 Å². The molecule has 0 aliphatic carbocycles. The number of ether oxygens (including phenoxy) is 1. The SMILES string of the molecule is CO[C@]1(c2ccc(C(F)(F)F)cc2)C(=O)N(C)c2ccccc21.